The number of non-ortho nitro benzene ring substituents is 1. The highest BCUT2D eigenvalue weighted by atomic mass is 16.6. The Kier molecular flexibility index (Phi) is 5.04. The Morgan fingerprint density at radius 1 is 1.00 bits per heavy atom. The van der Waals surface area contributed by atoms with Gasteiger partial charge in [0.25, 0.3) is 5.69 Å². The van der Waals surface area contributed by atoms with E-state index in [0.717, 1.165) is 12.0 Å². The van der Waals surface area contributed by atoms with Crippen molar-refractivity contribution >= 4 is 11.6 Å². The lowest BCUT2D eigenvalue weighted by molar-refractivity contribution is -0.384. The van der Waals surface area contributed by atoms with Crippen molar-refractivity contribution in [2.24, 2.45) is 0 Å². The molecular formula is C16H16N2O3. The maximum atomic E-state index is 11.8. The van der Waals surface area contributed by atoms with E-state index in [2.05, 4.69) is 5.32 Å². The average molecular weight is 284 g/mol. The van der Waals surface area contributed by atoms with Crippen LogP contribution in [0.15, 0.2) is 54.6 Å². The molecule has 0 aliphatic carbocycles. The van der Waals surface area contributed by atoms with E-state index in [-0.39, 0.29) is 18.0 Å². The largest absolute Gasteiger partial charge is 0.355 e. The number of nitrogens with one attached hydrogen (secondary N) is 1. The standard InChI is InChI=1S/C16H16N2O3/c19-16(17-11-10-13-4-2-1-3-5-13)12-14-6-8-15(9-7-14)18(20)21/h1-9H,10-12H2,(H,17,19). The van der Waals surface area contributed by atoms with Crippen LogP contribution < -0.4 is 5.32 Å². The van der Waals surface area contributed by atoms with Crippen molar-refractivity contribution in [1.29, 1.82) is 0 Å². The van der Waals surface area contributed by atoms with Crippen LogP contribution in [0, 0.1) is 10.1 Å². The van der Waals surface area contributed by atoms with Gasteiger partial charge in [0.1, 0.15) is 0 Å². The number of carbonyl (C=O) groups excluding carboxylic acids is 1. The van der Waals surface area contributed by atoms with Gasteiger partial charge < -0.3 is 5.32 Å². The molecule has 2 aromatic carbocycles. The van der Waals surface area contributed by atoms with Crippen molar-refractivity contribution in [3.8, 4) is 0 Å². The summed E-state index contributed by atoms with van der Waals surface area (Å²) in [5.41, 5.74) is 1.97. The van der Waals surface area contributed by atoms with Crippen molar-refractivity contribution in [3.63, 3.8) is 0 Å². The molecule has 0 spiro atoms. The third-order valence-electron chi connectivity index (χ3n) is 3.09. The van der Waals surface area contributed by atoms with Gasteiger partial charge >= 0.3 is 0 Å². The Morgan fingerprint density at radius 2 is 1.67 bits per heavy atom. The van der Waals surface area contributed by atoms with Gasteiger partial charge in [-0.15, -0.1) is 0 Å². The highest BCUT2D eigenvalue weighted by Gasteiger charge is 2.07. The summed E-state index contributed by atoms with van der Waals surface area (Å²) in [6.45, 7) is 0.579. The lowest BCUT2D eigenvalue weighted by Gasteiger charge is -2.05. The minimum atomic E-state index is -0.455. The topological polar surface area (TPSA) is 72.2 Å². The van der Waals surface area contributed by atoms with Crippen LogP contribution in [0.25, 0.3) is 0 Å². The maximum Gasteiger partial charge on any atom is 0.269 e. The van der Waals surface area contributed by atoms with Gasteiger partial charge in [-0.3, -0.25) is 14.9 Å². The molecule has 0 atom stereocenters. The van der Waals surface area contributed by atoms with E-state index < -0.39 is 4.92 Å². The second-order valence-electron chi connectivity index (χ2n) is 4.69. The smallest absolute Gasteiger partial charge is 0.269 e. The third-order valence-corrected chi connectivity index (χ3v) is 3.09. The number of rotatable bonds is 6. The fraction of sp³-hybridized carbons (Fsp3) is 0.188. The summed E-state index contributed by atoms with van der Waals surface area (Å²) in [6.07, 6.45) is 1.01. The fourth-order valence-electron chi connectivity index (χ4n) is 1.97. The molecule has 5 heteroatoms. The first kappa shape index (κ1) is 14.7. The van der Waals surface area contributed by atoms with E-state index in [1.54, 1.807) is 12.1 Å². The van der Waals surface area contributed by atoms with Crippen molar-refractivity contribution < 1.29 is 9.72 Å². The van der Waals surface area contributed by atoms with E-state index in [4.69, 9.17) is 0 Å². The molecule has 0 bridgehead atoms. The maximum absolute atomic E-state index is 11.8. The van der Waals surface area contributed by atoms with Gasteiger partial charge in [-0.2, -0.15) is 0 Å². The number of nitro benzene ring substituents is 1. The quantitative estimate of drug-likeness (QED) is 0.654. The third kappa shape index (κ3) is 4.72. The van der Waals surface area contributed by atoms with Crippen molar-refractivity contribution in [1.82, 2.24) is 5.32 Å². The zero-order chi connectivity index (χ0) is 15.1. The molecule has 0 aliphatic heterocycles. The van der Waals surface area contributed by atoms with Gasteiger partial charge in [-0.25, -0.2) is 0 Å². The second-order valence-corrected chi connectivity index (χ2v) is 4.69. The predicted octanol–water partition coefficient (Wildman–Crippen LogP) is 2.50. The van der Waals surface area contributed by atoms with Gasteiger partial charge in [0.05, 0.1) is 11.3 Å². The first-order chi connectivity index (χ1) is 10.1. The van der Waals surface area contributed by atoms with E-state index in [9.17, 15) is 14.9 Å². The summed E-state index contributed by atoms with van der Waals surface area (Å²) in [4.78, 5) is 21.9. The predicted molar refractivity (Wildman–Crippen MR) is 80.0 cm³/mol. The summed E-state index contributed by atoms with van der Waals surface area (Å²) in [7, 11) is 0. The molecule has 0 saturated heterocycles. The molecule has 5 nitrogen and oxygen atoms in total. The molecule has 21 heavy (non-hydrogen) atoms. The number of carbonyl (C=O) groups is 1. The van der Waals surface area contributed by atoms with Crippen LogP contribution in [0.5, 0.6) is 0 Å². The molecule has 0 radical (unpaired) electrons. The number of hydrogen-bond acceptors (Lipinski definition) is 3. The van der Waals surface area contributed by atoms with Crippen molar-refractivity contribution in [3.05, 3.63) is 75.8 Å². The molecule has 0 aliphatic rings. The van der Waals surface area contributed by atoms with Crippen LogP contribution in [0.2, 0.25) is 0 Å². The summed E-state index contributed by atoms with van der Waals surface area (Å²) in [6, 6.07) is 16.0. The monoisotopic (exact) mass is 284 g/mol. The molecule has 1 N–H and O–H groups in total. The van der Waals surface area contributed by atoms with Crippen LogP contribution in [0.1, 0.15) is 11.1 Å². The SMILES string of the molecule is O=C(Cc1ccc([N+](=O)[O-])cc1)NCCc1ccccc1. The Hall–Kier alpha value is -2.69. The highest BCUT2D eigenvalue weighted by molar-refractivity contribution is 5.78. The summed E-state index contributed by atoms with van der Waals surface area (Å²) < 4.78 is 0. The van der Waals surface area contributed by atoms with Gasteiger partial charge in [0.15, 0.2) is 0 Å². The van der Waals surface area contributed by atoms with E-state index in [1.165, 1.54) is 17.7 Å². The second kappa shape index (κ2) is 7.19. The van der Waals surface area contributed by atoms with E-state index in [1.807, 2.05) is 30.3 Å². The number of benzene rings is 2. The first-order valence-corrected chi connectivity index (χ1v) is 6.69. The molecule has 2 rings (SSSR count). The molecule has 2 aromatic rings. The molecule has 108 valence electrons. The van der Waals surface area contributed by atoms with Crippen LogP contribution in [-0.4, -0.2) is 17.4 Å². The van der Waals surface area contributed by atoms with E-state index in [0.29, 0.717) is 6.54 Å². The molecule has 0 unspecified atom stereocenters. The Morgan fingerprint density at radius 3 is 2.29 bits per heavy atom. The zero-order valence-electron chi connectivity index (χ0n) is 11.5. The minimum absolute atomic E-state index is 0.0308. The zero-order valence-corrected chi connectivity index (χ0v) is 11.5. The van der Waals surface area contributed by atoms with Crippen LogP contribution in [0.3, 0.4) is 0 Å². The lowest BCUT2D eigenvalue weighted by Crippen LogP contribution is -2.27. The fourth-order valence-corrected chi connectivity index (χ4v) is 1.97. The number of amides is 1. The number of hydrogen-bond donors (Lipinski definition) is 1. The summed E-state index contributed by atoms with van der Waals surface area (Å²) in [5, 5.41) is 13.4. The minimum Gasteiger partial charge on any atom is -0.355 e. The van der Waals surface area contributed by atoms with Crippen LogP contribution in [0.4, 0.5) is 5.69 Å². The first-order valence-electron chi connectivity index (χ1n) is 6.69. The van der Waals surface area contributed by atoms with Crippen molar-refractivity contribution in [2.75, 3.05) is 6.54 Å². The highest BCUT2D eigenvalue weighted by Crippen LogP contribution is 2.12. The van der Waals surface area contributed by atoms with Crippen molar-refractivity contribution in [2.45, 2.75) is 12.8 Å². The molecule has 0 fully saturated rings. The normalized spacial score (nSPS) is 10.1. The molecular weight excluding hydrogens is 268 g/mol. The van der Waals surface area contributed by atoms with Gasteiger partial charge in [-0.1, -0.05) is 42.5 Å². The van der Waals surface area contributed by atoms with Gasteiger partial charge in [-0.05, 0) is 17.5 Å². The average Bonchev–Trinajstić information content (AvgIpc) is 2.49. The Balaban J connectivity index is 1.78. The van der Waals surface area contributed by atoms with E-state index >= 15 is 0 Å². The summed E-state index contributed by atoms with van der Waals surface area (Å²) >= 11 is 0. The Bertz CT molecular complexity index is 609. The number of nitro groups is 1. The van der Waals surface area contributed by atoms with Crippen LogP contribution in [-0.2, 0) is 17.6 Å². The van der Waals surface area contributed by atoms with Gasteiger partial charge in [0, 0.05) is 18.7 Å². The van der Waals surface area contributed by atoms with Crippen LogP contribution >= 0.6 is 0 Å². The van der Waals surface area contributed by atoms with Gasteiger partial charge in [0.2, 0.25) is 5.91 Å². The Labute approximate surface area is 122 Å². The summed E-state index contributed by atoms with van der Waals surface area (Å²) in [5.74, 6) is -0.0835. The molecule has 0 aromatic heterocycles. The number of nitrogens with zero attached hydrogens (tertiary/aromatic N) is 1. The molecule has 0 heterocycles. The molecule has 1 amide bonds. The lowest BCUT2D eigenvalue weighted by atomic mass is 10.1. The molecule has 0 saturated carbocycles.